The average molecular weight is 302 g/mol. The van der Waals surface area contributed by atoms with E-state index in [1.54, 1.807) is 0 Å². The summed E-state index contributed by atoms with van der Waals surface area (Å²) in [6.45, 7) is 10.5. The van der Waals surface area contributed by atoms with Gasteiger partial charge in [0, 0.05) is 21.3 Å². The number of hydrogen-bond donors (Lipinski definition) is 1. The molecule has 1 aromatic heterocycles. The monoisotopic (exact) mass is 301 g/mol. The van der Waals surface area contributed by atoms with Crippen LogP contribution in [0.2, 0.25) is 0 Å². The van der Waals surface area contributed by atoms with E-state index in [4.69, 9.17) is 0 Å². The first-order valence-corrected chi connectivity index (χ1v) is 7.35. The van der Waals surface area contributed by atoms with Gasteiger partial charge in [0.25, 0.3) is 0 Å². The van der Waals surface area contributed by atoms with E-state index in [1.165, 1.54) is 15.8 Å². The minimum Gasteiger partial charge on any atom is -0.316 e. The highest BCUT2D eigenvalue weighted by molar-refractivity contribution is 9.10. The molecule has 0 saturated heterocycles. The first kappa shape index (κ1) is 13.9. The summed E-state index contributed by atoms with van der Waals surface area (Å²) in [4.78, 5) is 1.40. The van der Waals surface area contributed by atoms with E-state index in [0.717, 1.165) is 19.5 Å². The van der Waals surface area contributed by atoms with Crippen molar-refractivity contribution in [2.75, 3.05) is 13.1 Å². The Bertz CT molecular complexity index is 334. The molecule has 0 aliphatic rings. The van der Waals surface area contributed by atoms with Gasteiger partial charge in [-0.1, -0.05) is 19.9 Å². The Morgan fingerprint density at radius 1 is 1.62 bits per heavy atom. The molecule has 3 heteroatoms. The van der Waals surface area contributed by atoms with E-state index >= 15 is 0 Å². The molecule has 0 aliphatic heterocycles. The molecule has 1 heterocycles. The number of nitrogens with one attached hydrogen (secondary N) is 1. The van der Waals surface area contributed by atoms with Crippen molar-refractivity contribution in [3.63, 3.8) is 0 Å². The van der Waals surface area contributed by atoms with Crippen LogP contribution in [0.1, 0.15) is 25.1 Å². The van der Waals surface area contributed by atoms with Crippen molar-refractivity contribution in [3.8, 4) is 0 Å². The fourth-order valence-electron chi connectivity index (χ4n) is 1.58. The molecular weight excluding hydrogens is 282 g/mol. The molecule has 1 N–H and O–H groups in total. The molecular formula is C13H20BrNS. The first-order valence-electron chi connectivity index (χ1n) is 5.67. The third-order valence-corrected chi connectivity index (χ3v) is 4.63. The van der Waals surface area contributed by atoms with Crippen molar-refractivity contribution in [3.05, 3.63) is 33.5 Å². The molecule has 90 valence electrons. The van der Waals surface area contributed by atoms with Crippen molar-refractivity contribution in [2.45, 2.75) is 26.7 Å². The topological polar surface area (TPSA) is 12.0 Å². The van der Waals surface area contributed by atoms with Crippen molar-refractivity contribution in [1.82, 2.24) is 5.32 Å². The number of hydrogen-bond acceptors (Lipinski definition) is 2. The molecule has 0 amide bonds. The lowest BCUT2D eigenvalue weighted by Gasteiger charge is -2.25. The van der Waals surface area contributed by atoms with Crippen LogP contribution in [0.5, 0.6) is 0 Å². The molecule has 0 radical (unpaired) electrons. The number of halogens is 1. The van der Waals surface area contributed by atoms with Crippen LogP contribution in [0.4, 0.5) is 0 Å². The van der Waals surface area contributed by atoms with Crippen LogP contribution >= 0.6 is 27.3 Å². The normalized spacial score (nSPS) is 14.7. The van der Waals surface area contributed by atoms with Crippen molar-refractivity contribution < 1.29 is 0 Å². The minimum absolute atomic E-state index is 0.141. The van der Waals surface area contributed by atoms with Gasteiger partial charge in [-0.2, -0.15) is 0 Å². The summed E-state index contributed by atoms with van der Waals surface area (Å²) in [6.07, 6.45) is 4.29. The summed E-state index contributed by atoms with van der Waals surface area (Å²) in [7, 11) is 0. The first-order chi connectivity index (χ1) is 7.61. The quantitative estimate of drug-likeness (QED) is 0.586. The molecule has 1 unspecified atom stereocenters. The Labute approximate surface area is 111 Å². The van der Waals surface area contributed by atoms with Crippen molar-refractivity contribution >= 4 is 27.3 Å². The van der Waals surface area contributed by atoms with Crippen LogP contribution in [0.3, 0.4) is 0 Å². The maximum Gasteiger partial charge on any atom is 0.0314 e. The Kier molecular flexibility index (Phi) is 5.73. The zero-order valence-corrected chi connectivity index (χ0v) is 12.5. The minimum atomic E-state index is 0.141. The molecule has 1 aromatic rings. The second-order valence-electron chi connectivity index (χ2n) is 4.40. The van der Waals surface area contributed by atoms with Gasteiger partial charge in [-0.15, -0.1) is 17.9 Å². The second-order valence-corrected chi connectivity index (χ2v) is 6.26. The summed E-state index contributed by atoms with van der Waals surface area (Å²) in [5, 5.41) is 5.60. The second kappa shape index (κ2) is 6.58. The number of thiophene rings is 1. The molecule has 1 nitrogen and oxygen atoms in total. The van der Waals surface area contributed by atoms with Gasteiger partial charge in [0.1, 0.15) is 0 Å². The third kappa shape index (κ3) is 4.04. The molecule has 16 heavy (non-hydrogen) atoms. The highest BCUT2D eigenvalue weighted by Gasteiger charge is 2.22. The molecule has 0 spiro atoms. The highest BCUT2D eigenvalue weighted by atomic mass is 79.9. The standard InChI is InChI=1S/C13H20BrNS/c1-4-7-15-10-13(3,5-2)9-12-11(14)6-8-16-12/h5-6,8,15H,2,4,7,9-10H2,1,3H3. The maximum absolute atomic E-state index is 3.97. The van der Waals surface area contributed by atoms with Gasteiger partial charge < -0.3 is 5.32 Å². The zero-order valence-electron chi connectivity index (χ0n) is 10.1. The van der Waals surface area contributed by atoms with Gasteiger partial charge >= 0.3 is 0 Å². The highest BCUT2D eigenvalue weighted by Crippen LogP contribution is 2.31. The van der Waals surface area contributed by atoms with Gasteiger partial charge in [-0.25, -0.2) is 0 Å². The van der Waals surface area contributed by atoms with Gasteiger partial charge in [0.15, 0.2) is 0 Å². The van der Waals surface area contributed by atoms with Gasteiger partial charge in [-0.05, 0) is 46.8 Å². The molecule has 1 atom stereocenters. The summed E-state index contributed by atoms with van der Waals surface area (Å²) < 4.78 is 1.22. The van der Waals surface area contributed by atoms with Crippen LogP contribution in [-0.4, -0.2) is 13.1 Å². The lowest BCUT2D eigenvalue weighted by atomic mass is 9.86. The maximum atomic E-state index is 3.97. The van der Waals surface area contributed by atoms with Crippen LogP contribution in [0.25, 0.3) is 0 Å². The van der Waals surface area contributed by atoms with Crippen LogP contribution in [0, 0.1) is 5.41 Å². The largest absolute Gasteiger partial charge is 0.316 e. The Morgan fingerprint density at radius 3 is 2.88 bits per heavy atom. The third-order valence-electron chi connectivity index (χ3n) is 2.70. The van der Waals surface area contributed by atoms with E-state index < -0.39 is 0 Å². The Morgan fingerprint density at radius 2 is 2.38 bits per heavy atom. The van der Waals surface area contributed by atoms with Crippen LogP contribution in [-0.2, 0) is 6.42 Å². The van der Waals surface area contributed by atoms with Gasteiger partial charge in [-0.3, -0.25) is 0 Å². The van der Waals surface area contributed by atoms with E-state index in [2.05, 4.69) is 59.2 Å². The molecule has 0 fully saturated rings. The molecule has 1 rings (SSSR count). The molecule has 0 aromatic carbocycles. The molecule has 0 saturated carbocycles. The lowest BCUT2D eigenvalue weighted by molar-refractivity contribution is 0.393. The summed E-state index contributed by atoms with van der Waals surface area (Å²) in [5.41, 5.74) is 0.141. The van der Waals surface area contributed by atoms with Gasteiger partial charge in [0.05, 0.1) is 0 Å². The smallest absolute Gasteiger partial charge is 0.0314 e. The number of rotatable bonds is 7. The van der Waals surface area contributed by atoms with E-state index in [9.17, 15) is 0 Å². The van der Waals surface area contributed by atoms with Gasteiger partial charge in [0.2, 0.25) is 0 Å². The lowest BCUT2D eigenvalue weighted by Crippen LogP contribution is -2.32. The van der Waals surface area contributed by atoms with Crippen LogP contribution in [0.15, 0.2) is 28.6 Å². The zero-order chi connectivity index (χ0) is 12.0. The Balaban J connectivity index is 2.59. The van der Waals surface area contributed by atoms with Crippen molar-refractivity contribution in [2.24, 2.45) is 5.41 Å². The van der Waals surface area contributed by atoms with E-state index in [-0.39, 0.29) is 5.41 Å². The predicted molar refractivity (Wildman–Crippen MR) is 77.2 cm³/mol. The SMILES string of the molecule is C=CC(C)(CNCCC)Cc1sccc1Br. The Hall–Kier alpha value is -0.120. The van der Waals surface area contributed by atoms with E-state index in [0.29, 0.717) is 0 Å². The van der Waals surface area contributed by atoms with Crippen LogP contribution < -0.4 is 5.32 Å². The van der Waals surface area contributed by atoms with Crippen molar-refractivity contribution in [1.29, 1.82) is 0 Å². The fraction of sp³-hybridized carbons (Fsp3) is 0.538. The molecule has 0 bridgehead atoms. The molecule has 0 aliphatic carbocycles. The van der Waals surface area contributed by atoms with E-state index in [1.807, 2.05) is 11.3 Å². The predicted octanol–water partition coefficient (Wildman–Crippen LogP) is 4.25. The summed E-state index contributed by atoms with van der Waals surface area (Å²) >= 11 is 5.39. The summed E-state index contributed by atoms with van der Waals surface area (Å²) in [6, 6.07) is 2.11. The fourth-order valence-corrected chi connectivity index (χ4v) is 3.27. The average Bonchev–Trinajstić information content (AvgIpc) is 2.65. The summed E-state index contributed by atoms with van der Waals surface area (Å²) in [5.74, 6) is 0.